The van der Waals surface area contributed by atoms with Gasteiger partial charge in [0.25, 0.3) is 0 Å². The minimum Gasteiger partial charge on any atom is -0.462 e. The van der Waals surface area contributed by atoms with E-state index < -0.39 is 6.10 Å². The maximum atomic E-state index is 12.2. The second-order valence-electron chi connectivity index (χ2n) is 15.4. The first-order chi connectivity index (χ1) is 27.6. The number of aliphatic hydroxyl groups is 1. The predicted octanol–water partition coefficient (Wildman–Crippen LogP) is 15.3. The van der Waals surface area contributed by atoms with E-state index in [0.717, 1.165) is 77.0 Å². The van der Waals surface area contributed by atoms with Crippen molar-refractivity contribution in [2.24, 2.45) is 0 Å². The Morgan fingerprint density at radius 2 is 0.768 bits per heavy atom. The van der Waals surface area contributed by atoms with Crippen LogP contribution in [0.25, 0.3) is 0 Å². The number of hydrogen-bond donors (Lipinski definition) is 1. The molecule has 0 amide bonds. The normalized spacial score (nSPS) is 12.8. The molecular weight excluding hydrogens is 693 g/mol. The molecule has 0 heterocycles. The van der Waals surface area contributed by atoms with Gasteiger partial charge in [-0.05, 0) is 83.5 Å². The number of rotatable bonds is 42. The molecule has 0 bridgehead atoms. The van der Waals surface area contributed by atoms with E-state index in [4.69, 9.17) is 9.47 Å². The third kappa shape index (κ3) is 44.1. The highest BCUT2D eigenvalue weighted by Crippen LogP contribution is 2.14. The Kier molecular flexibility index (Phi) is 44.5. The number of carbonyl (C=O) groups excluding carboxylic acids is 2. The Morgan fingerprint density at radius 1 is 0.429 bits per heavy atom. The van der Waals surface area contributed by atoms with Gasteiger partial charge in [-0.3, -0.25) is 9.59 Å². The lowest BCUT2D eigenvalue weighted by atomic mass is 10.0. The number of hydrogen-bond acceptors (Lipinski definition) is 5. The summed E-state index contributed by atoms with van der Waals surface area (Å²) in [6, 6.07) is 0. The maximum Gasteiger partial charge on any atom is 0.306 e. The zero-order valence-corrected chi connectivity index (χ0v) is 36.6. The second-order valence-corrected chi connectivity index (χ2v) is 15.4. The number of ether oxygens (including phenoxy) is 2. The van der Waals surface area contributed by atoms with Gasteiger partial charge in [-0.2, -0.15) is 0 Å². The van der Waals surface area contributed by atoms with Crippen LogP contribution in [0.2, 0.25) is 0 Å². The van der Waals surface area contributed by atoms with Crippen LogP contribution >= 0.6 is 0 Å². The van der Waals surface area contributed by atoms with Crippen LogP contribution in [0.5, 0.6) is 0 Å². The average Bonchev–Trinajstić information content (AvgIpc) is 3.20. The van der Waals surface area contributed by atoms with Gasteiger partial charge in [0.1, 0.15) is 6.61 Å². The first kappa shape index (κ1) is 53.3. The van der Waals surface area contributed by atoms with Crippen molar-refractivity contribution in [3.05, 3.63) is 72.9 Å². The topological polar surface area (TPSA) is 72.8 Å². The van der Waals surface area contributed by atoms with Gasteiger partial charge in [-0.25, -0.2) is 0 Å². The molecule has 322 valence electrons. The molecule has 56 heavy (non-hydrogen) atoms. The van der Waals surface area contributed by atoms with Crippen LogP contribution in [0, 0.1) is 0 Å². The first-order valence-corrected chi connectivity index (χ1v) is 23.5. The number of allylic oxidation sites excluding steroid dienone is 12. The second kappa shape index (κ2) is 46.7. The zero-order valence-electron chi connectivity index (χ0n) is 36.6. The van der Waals surface area contributed by atoms with Crippen LogP contribution in [0.3, 0.4) is 0 Å². The lowest BCUT2D eigenvalue weighted by Crippen LogP contribution is -2.28. The fraction of sp³-hybridized carbons (Fsp3) is 0.725. The van der Waals surface area contributed by atoms with Crippen molar-refractivity contribution in [3.63, 3.8) is 0 Å². The molecule has 1 N–H and O–H groups in total. The molecule has 0 aliphatic carbocycles. The van der Waals surface area contributed by atoms with Gasteiger partial charge in [0, 0.05) is 12.8 Å². The Labute approximate surface area is 346 Å². The van der Waals surface area contributed by atoms with Crippen LogP contribution in [0.4, 0.5) is 0 Å². The molecule has 0 saturated heterocycles. The van der Waals surface area contributed by atoms with Gasteiger partial charge >= 0.3 is 11.9 Å². The third-order valence-corrected chi connectivity index (χ3v) is 9.98. The van der Waals surface area contributed by atoms with Crippen LogP contribution in [-0.4, -0.2) is 36.4 Å². The van der Waals surface area contributed by atoms with Crippen LogP contribution < -0.4 is 0 Å². The van der Waals surface area contributed by atoms with Crippen LogP contribution in [0.15, 0.2) is 72.9 Å². The molecule has 0 radical (unpaired) electrons. The van der Waals surface area contributed by atoms with Gasteiger partial charge in [0.05, 0.1) is 6.61 Å². The van der Waals surface area contributed by atoms with Gasteiger partial charge in [-0.1, -0.05) is 196 Å². The molecule has 0 aromatic carbocycles. The molecular formula is C51H88O5. The number of esters is 2. The van der Waals surface area contributed by atoms with Crippen molar-refractivity contribution in [1.82, 2.24) is 0 Å². The summed E-state index contributed by atoms with van der Waals surface area (Å²) >= 11 is 0. The summed E-state index contributed by atoms with van der Waals surface area (Å²) in [4.78, 5) is 24.4. The molecule has 0 aromatic rings. The maximum absolute atomic E-state index is 12.2. The van der Waals surface area contributed by atoms with Crippen molar-refractivity contribution in [2.45, 2.75) is 225 Å². The lowest BCUT2D eigenvalue weighted by Gasteiger charge is -2.15. The molecule has 0 saturated carbocycles. The van der Waals surface area contributed by atoms with E-state index in [0.29, 0.717) is 12.8 Å². The van der Waals surface area contributed by atoms with Crippen molar-refractivity contribution >= 4 is 11.9 Å². The molecule has 5 nitrogen and oxygen atoms in total. The van der Waals surface area contributed by atoms with E-state index >= 15 is 0 Å². The average molecular weight is 781 g/mol. The smallest absolute Gasteiger partial charge is 0.306 e. The molecule has 0 aliphatic rings. The van der Waals surface area contributed by atoms with Crippen molar-refractivity contribution in [3.8, 4) is 0 Å². The van der Waals surface area contributed by atoms with Gasteiger partial charge in [0.15, 0.2) is 6.10 Å². The summed E-state index contributed by atoms with van der Waals surface area (Å²) in [5, 5.41) is 9.60. The molecule has 0 rings (SSSR count). The van der Waals surface area contributed by atoms with E-state index in [2.05, 4.69) is 86.8 Å². The largest absolute Gasteiger partial charge is 0.462 e. The molecule has 0 aliphatic heterocycles. The molecule has 0 fully saturated rings. The molecule has 5 heteroatoms. The van der Waals surface area contributed by atoms with E-state index in [1.165, 1.54) is 116 Å². The predicted molar refractivity (Wildman–Crippen MR) is 242 cm³/mol. The highest BCUT2D eigenvalue weighted by Gasteiger charge is 2.16. The van der Waals surface area contributed by atoms with E-state index in [-0.39, 0.29) is 25.2 Å². The summed E-state index contributed by atoms with van der Waals surface area (Å²) in [5.74, 6) is -0.609. The minimum absolute atomic E-state index is 0.0754. The standard InChI is InChI=1S/C51H88O5/c1-3-5-7-9-11-13-15-17-19-21-23-24-25-26-28-29-31-33-35-37-39-41-43-45-50(53)55-48-49(47-52)56-51(54)46-44-42-40-38-36-34-32-30-27-22-20-18-16-14-12-10-8-6-4-2/h6,8,12,14-15,17-18,20-21,23,27,30,49,52H,3-5,7,9-11,13,16,19,22,24-26,28-29,31-48H2,1-2H3/b8-6-,14-12-,17-15-,20-18-,23-21-,30-27-. The van der Waals surface area contributed by atoms with E-state index in [9.17, 15) is 14.7 Å². The number of aliphatic hydroxyl groups excluding tert-OH is 1. The van der Waals surface area contributed by atoms with Crippen molar-refractivity contribution in [1.29, 1.82) is 0 Å². The number of carbonyl (C=O) groups is 2. The summed E-state index contributed by atoms with van der Waals surface area (Å²) in [6.07, 6.45) is 62.6. The number of unbranched alkanes of at least 4 members (excludes halogenated alkanes) is 22. The highest BCUT2D eigenvalue weighted by molar-refractivity contribution is 5.70. The van der Waals surface area contributed by atoms with Gasteiger partial charge in [0.2, 0.25) is 0 Å². The SMILES string of the molecule is CC/C=C\C/C=C\C/C=C\C/C=C\CCCCCCCCC(=O)OC(CO)COC(=O)CCCCCCCCCCCCC/C=C\C/C=C\CCCCCCC. The Balaban J connectivity index is 3.55. The summed E-state index contributed by atoms with van der Waals surface area (Å²) in [5.41, 5.74) is 0. The van der Waals surface area contributed by atoms with E-state index in [1.807, 2.05) is 0 Å². The quantitative estimate of drug-likeness (QED) is 0.0379. The summed E-state index contributed by atoms with van der Waals surface area (Å²) < 4.78 is 10.6. The van der Waals surface area contributed by atoms with E-state index in [1.54, 1.807) is 0 Å². The lowest BCUT2D eigenvalue weighted by molar-refractivity contribution is -0.161. The third-order valence-electron chi connectivity index (χ3n) is 9.98. The molecule has 1 atom stereocenters. The minimum atomic E-state index is -0.784. The Bertz CT molecular complexity index is 1020. The van der Waals surface area contributed by atoms with Crippen LogP contribution in [0.1, 0.15) is 219 Å². The molecule has 0 spiro atoms. The molecule has 0 aromatic heterocycles. The Morgan fingerprint density at radius 3 is 1.16 bits per heavy atom. The van der Waals surface area contributed by atoms with Gasteiger partial charge in [-0.15, -0.1) is 0 Å². The summed E-state index contributed by atoms with van der Waals surface area (Å²) in [7, 11) is 0. The van der Waals surface area contributed by atoms with Gasteiger partial charge < -0.3 is 14.6 Å². The monoisotopic (exact) mass is 781 g/mol. The van der Waals surface area contributed by atoms with Crippen molar-refractivity contribution < 1.29 is 24.2 Å². The molecule has 1 unspecified atom stereocenters. The zero-order chi connectivity index (χ0) is 40.7. The van der Waals surface area contributed by atoms with Crippen LogP contribution in [-0.2, 0) is 19.1 Å². The first-order valence-electron chi connectivity index (χ1n) is 23.5. The Hall–Kier alpha value is -2.66. The highest BCUT2D eigenvalue weighted by atomic mass is 16.6. The fourth-order valence-corrected chi connectivity index (χ4v) is 6.46. The van der Waals surface area contributed by atoms with Crippen molar-refractivity contribution in [2.75, 3.05) is 13.2 Å². The summed E-state index contributed by atoms with van der Waals surface area (Å²) in [6.45, 7) is 4.01. The fourth-order valence-electron chi connectivity index (χ4n) is 6.46.